The highest BCUT2D eigenvalue weighted by Gasteiger charge is 2.30. The topological polar surface area (TPSA) is 51.2 Å². The van der Waals surface area contributed by atoms with Crippen LogP contribution in [0, 0.1) is 0 Å². The third-order valence-electron chi connectivity index (χ3n) is 3.36. The van der Waals surface area contributed by atoms with Gasteiger partial charge in [0.25, 0.3) is 0 Å². The second-order valence-electron chi connectivity index (χ2n) is 5.27. The van der Waals surface area contributed by atoms with Crippen molar-refractivity contribution in [2.75, 3.05) is 0 Å². The van der Waals surface area contributed by atoms with E-state index in [-0.39, 0.29) is 24.1 Å². The normalized spacial score (nSPS) is 12.5. The van der Waals surface area contributed by atoms with E-state index in [1.54, 1.807) is 18.5 Å². The second kappa shape index (κ2) is 7.81. The molecule has 1 amide bonds. The van der Waals surface area contributed by atoms with Gasteiger partial charge in [-0.2, -0.15) is 0 Å². The Morgan fingerprint density at radius 2 is 1.96 bits per heavy atom. The van der Waals surface area contributed by atoms with Crippen LogP contribution in [0.5, 0.6) is 5.75 Å². The van der Waals surface area contributed by atoms with E-state index in [0.717, 1.165) is 11.1 Å². The SMILES string of the molecule is C[C@H](NC(=O)CCc1ccc(OC(F)(F)F)cc1)c1cccnc1. The molecule has 7 heteroatoms. The standard InChI is InChI=1S/C17H17F3N2O2/c1-12(14-3-2-10-21-11-14)22-16(23)9-6-13-4-7-15(8-5-13)24-17(18,19)20/h2-5,7-8,10-12H,6,9H2,1H3,(H,22,23)/t12-/m0/s1. The van der Waals surface area contributed by atoms with Gasteiger partial charge in [0, 0.05) is 18.8 Å². The van der Waals surface area contributed by atoms with Crippen molar-refractivity contribution in [3.05, 3.63) is 59.9 Å². The number of hydrogen-bond donors (Lipinski definition) is 1. The highest BCUT2D eigenvalue weighted by Crippen LogP contribution is 2.23. The van der Waals surface area contributed by atoms with Crippen molar-refractivity contribution in [2.45, 2.75) is 32.2 Å². The molecule has 1 atom stereocenters. The minimum Gasteiger partial charge on any atom is -0.406 e. The van der Waals surface area contributed by atoms with Gasteiger partial charge in [-0.1, -0.05) is 18.2 Å². The maximum absolute atomic E-state index is 12.1. The number of aryl methyl sites for hydroxylation is 1. The molecule has 4 nitrogen and oxygen atoms in total. The lowest BCUT2D eigenvalue weighted by Gasteiger charge is -2.14. The number of pyridine rings is 1. The van der Waals surface area contributed by atoms with Gasteiger partial charge in [0.15, 0.2) is 0 Å². The zero-order valence-electron chi connectivity index (χ0n) is 13.0. The summed E-state index contributed by atoms with van der Waals surface area (Å²) < 4.78 is 40.0. The van der Waals surface area contributed by atoms with Crippen molar-refractivity contribution in [3.8, 4) is 5.75 Å². The van der Waals surface area contributed by atoms with Crippen molar-refractivity contribution in [1.82, 2.24) is 10.3 Å². The predicted octanol–water partition coefficient (Wildman–Crippen LogP) is 3.79. The molecule has 0 radical (unpaired) electrons. The summed E-state index contributed by atoms with van der Waals surface area (Å²) in [4.78, 5) is 15.9. The van der Waals surface area contributed by atoms with Gasteiger partial charge in [-0.25, -0.2) is 0 Å². The first kappa shape index (κ1) is 17.8. The van der Waals surface area contributed by atoms with Crippen LogP contribution in [-0.4, -0.2) is 17.3 Å². The Morgan fingerprint density at radius 3 is 2.54 bits per heavy atom. The smallest absolute Gasteiger partial charge is 0.406 e. The number of alkyl halides is 3. The van der Waals surface area contributed by atoms with E-state index in [1.165, 1.54) is 24.3 Å². The Hall–Kier alpha value is -2.57. The number of amides is 1. The van der Waals surface area contributed by atoms with Crippen molar-refractivity contribution in [2.24, 2.45) is 0 Å². The molecule has 0 aliphatic rings. The van der Waals surface area contributed by atoms with Crippen LogP contribution in [0.4, 0.5) is 13.2 Å². The molecule has 0 aliphatic carbocycles. The van der Waals surface area contributed by atoms with E-state index >= 15 is 0 Å². The second-order valence-corrected chi connectivity index (χ2v) is 5.27. The fourth-order valence-electron chi connectivity index (χ4n) is 2.14. The third kappa shape index (κ3) is 5.91. The van der Waals surface area contributed by atoms with Crippen LogP contribution in [-0.2, 0) is 11.2 Å². The maximum atomic E-state index is 12.1. The fourth-order valence-corrected chi connectivity index (χ4v) is 2.14. The van der Waals surface area contributed by atoms with Crippen molar-refractivity contribution in [1.29, 1.82) is 0 Å². The quantitative estimate of drug-likeness (QED) is 0.872. The fraction of sp³-hybridized carbons (Fsp3) is 0.294. The molecule has 0 bridgehead atoms. The number of carbonyl (C=O) groups excluding carboxylic acids is 1. The molecule has 2 aromatic rings. The zero-order valence-corrected chi connectivity index (χ0v) is 13.0. The summed E-state index contributed by atoms with van der Waals surface area (Å²) in [5, 5.41) is 2.86. The van der Waals surface area contributed by atoms with Gasteiger partial charge in [-0.15, -0.1) is 13.2 Å². The molecular formula is C17H17F3N2O2. The number of rotatable bonds is 6. The van der Waals surface area contributed by atoms with Gasteiger partial charge in [-0.05, 0) is 42.7 Å². The van der Waals surface area contributed by atoms with Crippen molar-refractivity contribution < 1.29 is 22.7 Å². The average Bonchev–Trinajstić information content (AvgIpc) is 2.53. The van der Waals surface area contributed by atoms with Crippen LogP contribution in [0.15, 0.2) is 48.8 Å². The molecule has 0 spiro atoms. The predicted molar refractivity (Wildman–Crippen MR) is 82.2 cm³/mol. The van der Waals surface area contributed by atoms with E-state index in [9.17, 15) is 18.0 Å². The van der Waals surface area contributed by atoms with E-state index in [1.807, 2.05) is 13.0 Å². The van der Waals surface area contributed by atoms with E-state index in [4.69, 9.17) is 0 Å². The summed E-state index contributed by atoms with van der Waals surface area (Å²) in [6.07, 6.45) is -0.694. The summed E-state index contributed by atoms with van der Waals surface area (Å²) in [6.45, 7) is 1.86. The lowest BCUT2D eigenvalue weighted by molar-refractivity contribution is -0.274. The van der Waals surface area contributed by atoms with Gasteiger partial charge in [0.2, 0.25) is 5.91 Å². The van der Waals surface area contributed by atoms with Gasteiger partial charge < -0.3 is 10.1 Å². The van der Waals surface area contributed by atoms with Gasteiger partial charge in [0.1, 0.15) is 5.75 Å². The number of hydrogen-bond acceptors (Lipinski definition) is 3. The summed E-state index contributed by atoms with van der Waals surface area (Å²) in [7, 11) is 0. The Bertz CT molecular complexity index is 658. The van der Waals surface area contributed by atoms with Gasteiger partial charge in [-0.3, -0.25) is 9.78 Å². The van der Waals surface area contributed by atoms with Crippen LogP contribution in [0.3, 0.4) is 0 Å². The first-order valence-electron chi connectivity index (χ1n) is 7.37. The Balaban J connectivity index is 1.81. The zero-order chi connectivity index (χ0) is 17.6. The lowest BCUT2D eigenvalue weighted by atomic mass is 10.1. The van der Waals surface area contributed by atoms with E-state index in [0.29, 0.717) is 6.42 Å². The molecule has 2 rings (SSSR count). The Labute approximate surface area is 137 Å². The summed E-state index contributed by atoms with van der Waals surface area (Å²) in [6, 6.07) is 9.00. The average molecular weight is 338 g/mol. The molecule has 1 N–H and O–H groups in total. The third-order valence-corrected chi connectivity index (χ3v) is 3.36. The molecule has 1 aromatic heterocycles. The number of halogens is 3. The lowest BCUT2D eigenvalue weighted by Crippen LogP contribution is -2.26. The molecule has 0 aliphatic heterocycles. The minimum atomic E-state index is -4.70. The highest BCUT2D eigenvalue weighted by molar-refractivity contribution is 5.76. The molecule has 24 heavy (non-hydrogen) atoms. The van der Waals surface area contributed by atoms with Gasteiger partial charge >= 0.3 is 6.36 Å². The van der Waals surface area contributed by atoms with E-state index in [2.05, 4.69) is 15.0 Å². The summed E-state index contributed by atoms with van der Waals surface area (Å²) in [5.41, 5.74) is 1.66. The maximum Gasteiger partial charge on any atom is 0.573 e. The number of aromatic nitrogens is 1. The minimum absolute atomic E-state index is 0.137. The van der Waals surface area contributed by atoms with Crippen molar-refractivity contribution in [3.63, 3.8) is 0 Å². The summed E-state index contributed by atoms with van der Waals surface area (Å²) in [5.74, 6) is -0.414. The number of nitrogens with one attached hydrogen (secondary N) is 1. The molecule has 0 saturated carbocycles. The molecular weight excluding hydrogens is 321 g/mol. The van der Waals surface area contributed by atoms with Crippen LogP contribution in [0.2, 0.25) is 0 Å². The first-order chi connectivity index (χ1) is 11.3. The number of ether oxygens (including phenoxy) is 1. The molecule has 0 unspecified atom stereocenters. The summed E-state index contributed by atoms with van der Waals surface area (Å²) >= 11 is 0. The van der Waals surface area contributed by atoms with Crippen LogP contribution in [0.1, 0.15) is 30.5 Å². The molecule has 1 heterocycles. The van der Waals surface area contributed by atoms with Crippen LogP contribution in [0.25, 0.3) is 0 Å². The largest absolute Gasteiger partial charge is 0.573 e. The van der Waals surface area contributed by atoms with Gasteiger partial charge in [0.05, 0.1) is 6.04 Å². The molecule has 0 saturated heterocycles. The van der Waals surface area contributed by atoms with Crippen LogP contribution >= 0.6 is 0 Å². The molecule has 0 fully saturated rings. The van der Waals surface area contributed by atoms with Crippen LogP contribution < -0.4 is 10.1 Å². The number of carbonyl (C=O) groups is 1. The highest BCUT2D eigenvalue weighted by atomic mass is 19.4. The number of benzene rings is 1. The molecule has 128 valence electrons. The van der Waals surface area contributed by atoms with E-state index < -0.39 is 6.36 Å². The first-order valence-corrected chi connectivity index (χ1v) is 7.37. The Kier molecular flexibility index (Phi) is 5.78. The molecule has 1 aromatic carbocycles. The van der Waals surface area contributed by atoms with Crippen molar-refractivity contribution >= 4 is 5.91 Å². The number of nitrogens with zero attached hydrogens (tertiary/aromatic N) is 1. The Morgan fingerprint density at radius 1 is 1.25 bits per heavy atom. The monoisotopic (exact) mass is 338 g/mol.